The normalized spacial score (nSPS) is 22.3. The summed E-state index contributed by atoms with van der Waals surface area (Å²) in [5.74, 6) is 0. The highest BCUT2D eigenvalue weighted by atomic mass is 35.5. The highest BCUT2D eigenvalue weighted by Gasteiger charge is 2.21. The lowest BCUT2D eigenvalue weighted by Crippen LogP contribution is -2.37. The van der Waals surface area contributed by atoms with Gasteiger partial charge in [-0.3, -0.25) is 0 Å². The van der Waals surface area contributed by atoms with E-state index in [2.05, 4.69) is 25.1 Å². The van der Waals surface area contributed by atoms with E-state index in [4.69, 9.17) is 16.0 Å². The largest absolute Gasteiger partial charge is 0.415 e. The minimum Gasteiger partial charge on any atom is -0.415 e. The van der Waals surface area contributed by atoms with E-state index in [-0.39, 0.29) is 0 Å². The molecule has 3 heteroatoms. The lowest BCUT2D eigenvalue weighted by molar-refractivity contribution is 0.294. The van der Waals surface area contributed by atoms with Crippen LogP contribution in [0, 0.1) is 6.92 Å². The molecule has 2 rings (SSSR count). The Balaban J connectivity index is 2.26. The third kappa shape index (κ3) is 2.02. The van der Waals surface area contributed by atoms with Gasteiger partial charge in [-0.2, -0.15) is 0 Å². The van der Waals surface area contributed by atoms with Crippen LogP contribution in [0.25, 0.3) is 0 Å². The smallest absolute Gasteiger partial charge is 0.209 e. The molecule has 0 spiro atoms. The monoisotopic (exact) mass is 226 g/mol. The molecule has 14 heavy (non-hydrogen) atoms. The molecular weight excluding hydrogens is 212 g/mol. The zero-order chi connectivity index (χ0) is 9.97. The molecule has 0 amide bonds. The third-order valence-corrected chi connectivity index (χ3v) is 6.19. The zero-order valence-electron chi connectivity index (χ0n) is 8.42. The highest BCUT2D eigenvalue weighted by Crippen LogP contribution is 2.17. The molecule has 1 nitrogen and oxygen atoms in total. The SMILES string of the molecule is Cc1cccc([SiH]2CCCCO2)c1Cl. The van der Waals surface area contributed by atoms with Crippen LogP contribution in [0.5, 0.6) is 0 Å². The van der Waals surface area contributed by atoms with Crippen LogP contribution in [0.1, 0.15) is 18.4 Å². The van der Waals surface area contributed by atoms with Crippen molar-refractivity contribution in [3.05, 3.63) is 28.8 Å². The van der Waals surface area contributed by atoms with Crippen molar-refractivity contribution >= 4 is 25.8 Å². The molecule has 1 fully saturated rings. The average molecular weight is 227 g/mol. The van der Waals surface area contributed by atoms with Crippen LogP contribution >= 0.6 is 11.6 Å². The van der Waals surface area contributed by atoms with Crippen molar-refractivity contribution in [1.29, 1.82) is 0 Å². The second-order valence-electron chi connectivity index (χ2n) is 3.83. The molecule has 1 aliphatic heterocycles. The summed E-state index contributed by atoms with van der Waals surface area (Å²) < 4.78 is 5.85. The zero-order valence-corrected chi connectivity index (χ0v) is 10.3. The number of aryl methyl sites for hydroxylation is 1. The molecule has 0 N–H and O–H groups in total. The Morgan fingerprint density at radius 1 is 1.36 bits per heavy atom. The van der Waals surface area contributed by atoms with Gasteiger partial charge in [-0.05, 0) is 30.1 Å². The van der Waals surface area contributed by atoms with E-state index in [1.165, 1.54) is 29.6 Å². The van der Waals surface area contributed by atoms with Crippen LogP contribution in [0.4, 0.5) is 0 Å². The summed E-state index contributed by atoms with van der Waals surface area (Å²) in [4.78, 5) is 0. The first-order valence-corrected chi connectivity index (χ1v) is 7.40. The van der Waals surface area contributed by atoms with E-state index < -0.39 is 9.04 Å². The van der Waals surface area contributed by atoms with E-state index in [0.29, 0.717) is 0 Å². The lowest BCUT2D eigenvalue weighted by atomic mass is 10.2. The fraction of sp³-hybridized carbons (Fsp3) is 0.455. The van der Waals surface area contributed by atoms with Crippen LogP contribution in [-0.4, -0.2) is 15.6 Å². The summed E-state index contributed by atoms with van der Waals surface area (Å²) in [6.07, 6.45) is 2.52. The first kappa shape index (κ1) is 10.2. The van der Waals surface area contributed by atoms with E-state index in [1.54, 1.807) is 0 Å². The minimum atomic E-state index is -1.18. The molecule has 0 radical (unpaired) electrons. The van der Waals surface area contributed by atoms with Gasteiger partial charge in [0.1, 0.15) is 0 Å². The molecule has 0 aliphatic carbocycles. The third-order valence-electron chi connectivity index (χ3n) is 2.75. The number of hydrogen-bond acceptors (Lipinski definition) is 1. The lowest BCUT2D eigenvalue weighted by Gasteiger charge is -2.22. The van der Waals surface area contributed by atoms with Crippen molar-refractivity contribution in [3.63, 3.8) is 0 Å². The molecule has 1 heterocycles. The van der Waals surface area contributed by atoms with Crippen molar-refractivity contribution in [2.24, 2.45) is 0 Å². The fourth-order valence-electron chi connectivity index (χ4n) is 1.90. The van der Waals surface area contributed by atoms with Crippen LogP contribution in [0.15, 0.2) is 18.2 Å². The van der Waals surface area contributed by atoms with Crippen molar-refractivity contribution in [2.75, 3.05) is 6.61 Å². The molecule has 0 bridgehead atoms. The molecule has 1 unspecified atom stereocenters. The Kier molecular flexibility index (Phi) is 3.26. The Morgan fingerprint density at radius 2 is 2.21 bits per heavy atom. The van der Waals surface area contributed by atoms with Gasteiger partial charge in [0.05, 0.1) is 0 Å². The van der Waals surface area contributed by atoms with Crippen LogP contribution < -0.4 is 5.19 Å². The number of hydrogen-bond donors (Lipinski definition) is 0. The van der Waals surface area contributed by atoms with Gasteiger partial charge in [-0.15, -0.1) is 0 Å². The number of halogens is 1. The molecular formula is C11H15ClOSi. The molecule has 1 atom stereocenters. The predicted octanol–water partition coefficient (Wildman–Crippen LogP) is 2.39. The van der Waals surface area contributed by atoms with Gasteiger partial charge in [0.15, 0.2) is 0 Å². The van der Waals surface area contributed by atoms with Gasteiger partial charge in [0.25, 0.3) is 0 Å². The summed E-state index contributed by atoms with van der Waals surface area (Å²) in [7, 11) is -1.18. The molecule has 0 aromatic heterocycles. The maximum atomic E-state index is 6.28. The van der Waals surface area contributed by atoms with Crippen LogP contribution in [-0.2, 0) is 4.43 Å². The highest BCUT2D eigenvalue weighted by molar-refractivity contribution is 6.70. The van der Waals surface area contributed by atoms with Gasteiger partial charge in [-0.1, -0.05) is 36.2 Å². The standard InChI is InChI=1S/C11H15ClOSi/c1-9-5-4-6-10(11(9)12)14-8-3-2-7-13-14/h4-6,14H,2-3,7-8H2,1H3. The van der Waals surface area contributed by atoms with E-state index >= 15 is 0 Å². The van der Waals surface area contributed by atoms with Gasteiger partial charge >= 0.3 is 0 Å². The minimum absolute atomic E-state index is 0.932. The average Bonchev–Trinajstić information content (AvgIpc) is 2.23. The fourth-order valence-corrected chi connectivity index (χ4v) is 5.00. The Hall–Kier alpha value is -0.313. The van der Waals surface area contributed by atoms with Crippen LogP contribution in [0.2, 0.25) is 11.1 Å². The van der Waals surface area contributed by atoms with Gasteiger partial charge in [0.2, 0.25) is 9.04 Å². The first-order chi connectivity index (χ1) is 6.79. The molecule has 1 aliphatic rings. The summed E-state index contributed by atoms with van der Waals surface area (Å²) in [5, 5.41) is 2.23. The molecule has 76 valence electrons. The van der Waals surface area contributed by atoms with E-state index in [0.717, 1.165) is 11.6 Å². The quantitative estimate of drug-likeness (QED) is 0.669. The van der Waals surface area contributed by atoms with Gasteiger partial charge < -0.3 is 4.43 Å². The summed E-state index contributed by atoms with van der Waals surface area (Å²) in [6.45, 7) is 2.99. The summed E-state index contributed by atoms with van der Waals surface area (Å²) >= 11 is 6.28. The van der Waals surface area contributed by atoms with E-state index in [9.17, 15) is 0 Å². The predicted molar refractivity (Wildman–Crippen MR) is 63.0 cm³/mol. The Bertz CT molecular complexity index is 321. The molecule has 0 saturated carbocycles. The van der Waals surface area contributed by atoms with Crippen molar-refractivity contribution in [2.45, 2.75) is 25.8 Å². The molecule has 1 saturated heterocycles. The number of benzene rings is 1. The van der Waals surface area contributed by atoms with E-state index in [1.807, 2.05) is 0 Å². The topological polar surface area (TPSA) is 9.23 Å². The molecule has 1 aromatic carbocycles. The first-order valence-electron chi connectivity index (χ1n) is 5.15. The van der Waals surface area contributed by atoms with Crippen molar-refractivity contribution < 1.29 is 4.43 Å². The maximum Gasteiger partial charge on any atom is 0.209 e. The Morgan fingerprint density at radius 3 is 2.93 bits per heavy atom. The van der Waals surface area contributed by atoms with Crippen LogP contribution in [0.3, 0.4) is 0 Å². The maximum absolute atomic E-state index is 6.28. The van der Waals surface area contributed by atoms with Gasteiger partial charge in [-0.25, -0.2) is 0 Å². The molecule has 1 aromatic rings. The number of rotatable bonds is 1. The summed E-state index contributed by atoms with van der Waals surface area (Å²) in [6, 6.07) is 7.52. The second-order valence-corrected chi connectivity index (χ2v) is 6.72. The van der Waals surface area contributed by atoms with Crippen molar-refractivity contribution in [1.82, 2.24) is 0 Å². The summed E-state index contributed by atoms with van der Waals surface area (Å²) in [5.41, 5.74) is 1.17. The van der Waals surface area contributed by atoms with Gasteiger partial charge in [0, 0.05) is 11.6 Å². The van der Waals surface area contributed by atoms with Crippen molar-refractivity contribution in [3.8, 4) is 0 Å². The Labute approximate surface area is 91.8 Å². The second kappa shape index (κ2) is 4.47.